The van der Waals surface area contributed by atoms with E-state index in [9.17, 15) is 0 Å². The Morgan fingerprint density at radius 3 is 2.52 bits per heavy atom. The summed E-state index contributed by atoms with van der Waals surface area (Å²) in [6, 6.07) is 2.59. The third-order valence-corrected chi connectivity index (χ3v) is 7.76. The molecular weight excluding hydrogens is 408 g/mol. The van der Waals surface area contributed by atoms with Crippen molar-refractivity contribution >= 4 is 28.8 Å². The number of nitrogens with zero attached hydrogens (tertiary/aromatic N) is 5. The van der Waals surface area contributed by atoms with E-state index in [0.717, 1.165) is 42.3 Å². The van der Waals surface area contributed by atoms with E-state index in [1.165, 1.54) is 38.5 Å². The number of rotatable bonds is 5. The number of aryl methyl sites for hydroxylation is 1. The van der Waals surface area contributed by atoms with E-state index in [-0.39, 0.29) is 0 Å². The monoisotopic (exact) mass is 438 g/mol. The van der Waals surface area contributed by atoms with Gasteiger partial charge in [0.25, 0.3) is 0 Å². The molecule has 2 bridgehead atoms. The molecule has 1 aliphatic heterocycles. The molecule has 7 heteroatoms. The number of halogens is 1. The van der Waals surface area contributed by atoms with E-state index in [4.69, 9.17) is 21.6 Å². The van der Waals surface area contributed by atoms with Gasteiger partial charge in [-0.1, -0.05) is 25.1 Å². The van der Waals surface area contributed by atoms with Crippen molar-refractivity contribution in [2.75, 3.05) is 23.3 Å². The summed E-state index contributed by atoms with van der Waals surface area (Å²) >= 11 is 6.12. The van der Waals surface area contributed by atoms with Crippen molar-refractivity contribution in [3.8, 4) is 0 Å². The molecule has 0 amide bonds. The fourth-order valence-electron chi connectivity index (χ4n) is 5.74. The predicted octanol–water partition coefficient (Wildman–Crippen LogP) is 5.13. The van der Waals surface area contributed by atoms with Crippen LogP contribution in [-0.4, -0.2) is 39.1 Å². The van der Waals surface area contributed by atoms with Gasteiger partial charge in [0.05, 0.1) is 17.6 Å². The maximum Gasteiger partial charge on any atom is 0.165 e. The Morgan fingerprint density at radius 2 is 1.81 bits per heavy atom. The molecule has 1 saturated heterocycles. The smallest absolute Gasteiger partial charge is 0.165 e. The minimum Gasteiger partial charge on any atom is -0.367 e. The van der Waals surface area contributed by atoms with Gasteiger partial charge in [0.2, 0.25) is 0 Å². The van der Waals surface area contributed by atoms with Crippen LogP contribution in [0.2, 0.25) is 5.15 Å². The summed E-state index contributed by atoms with van der Waals surface area (Å²) in [4.78, 5) is 20.9. The first-order chi connectivity index (χ1) is 15.0. The van der Waals surface area contributed by atoms with Crippen molar-refractivity contribution in [2.24, 2.45) is 17.8 Å². The molecule has 6 rings (SSSR count). The van der Waals surface area contributed by atoms with Gasteiger partial charge in [-0.2, -0.15) is 0 Å². The van der Waals surface area contributed by atoms with Crippen LogP contribution in [0.3, 0.4) is 0 Å². The van der Waals surface area contributed by atoms with Crippen molar-refractivity contribution in [1.29, 1.82) is 0 Å². The van der Waals surface area contributed by atoms with Gasteiger partial charge in [0.15, 0.2) is 5.82 Å². The summed E-state index contributed by atoms with van der Waals surface area (Å²) < 4.78 is 0. The van der Waals surface area contributed by atoms with Crippen molar-refractivity contribution in [3.63, 3.8) is 0 Å². The Labute approximate surface area is 189 Å². The number of aromatic nitrogens is 4. The summed E-state index contributed by atoms with van der Waals surface area (Å²) in [7, 11) is 0. The molecular formula is C24H31ClN6. The molecule has 2 unspecified atom stereocenters. The van der Waals surface area contributed by atoms with E-state index in [1.807, 2.05) is 6.92 Å². The Hall–Kier alpha value is -2.21. The van der Waals surface area contributed by atoms with Crippen LogP contribution in [0.4, 0.5) is 11.6 Å². The molecule has 3 heterocycles. The zero-order chi connectivity index (χ0) is 21.5. The van der Waals surface area contributed by atoms with E-state index in [2.05, 4.69) is 39.8 Å². The zero-order valence-electron chi connectivity index (χ0n) is 18.4. The Balaban J connectivity index is 1.50. The van der Waals surface area contributed by atoms with Crippen LogP contribution in [0.15, 0.2) is 18.8 Å². The molecule has 3 saturated carbocycles. The standard InChI is InChI=1S/C24H31ClN6/c1-14-17-6-8-18(9-7-17)23(14)28-20-12-21(31-10-4-5-11-31)30-24(29-20)15(2)22-16(3)26-13-19(25)27-22/h12-14,17-18,23H,2,4-11H2,1,3H3,(H,28,29,30). The minimum absolute atomic E-state index is 0.350. The lowest BCUT2D eigenvalue weighted by Crippen LogP contribution is -2.47. The van der Waals surface area contributed by atoms with Gasteiger partial charge in [0.1, 0.15) is 16.8 Å². The second-order valence-electron chi connectivity index (χ2n) is 9.44. The first kappa shape index (κ1) is 20.7. The first-order valence-electron chi connectivity index (χ1n) is 11.6. The normalized spacial score (nSPS) is 27.5. The Kier molecular flexibility index (Phi) is 5.59. The van der Waals surface area contributed by atoms with Gasteiger partial charge in [-0.05, 0) is 63.2 Å². The third-order valence-electron chi connectivity index (χ3n) is 7.57. The van der Waals surface area contributed by atoms with Crippen molar-refractivity contribution in [1.82, 2.24) is 19.9 Å². The average molecular weight is 439 g/mol. The van der Waals surface area contributed by atoms with Gasteiger partial charge in [-0.3, -0.25) is 4.98 Å². The Bertz CT molecular complexity index is 976. The van der Waals surface area contributed by atoms with Crippen LogP contribution in [-0.2, 0) is 0 Å². The second kappa shape index (κ2) is 8.38. The zero-order valence-corrected chi connectivity index (χ0v) is 19.2. The predicted molar refractivity (Wildman–Crippen MR) is 125 cm³/mol. The molecule has 31 heavy (non-hydrogen) atoms. The number of hydrogen-bond donors (Lipinski definition) is 1. The quantitative estimate of drug-likeness (QED) is 0.698. The number of nitrogens with one attached hydrogen (secondary N) is 1. The molecule has 2 aromatic heterocycles. The minimum atomic E-state index is 0.350. The number of anilines is 2. The maximum atomic E-state index is 6.12. The first-order valence-corrected chi connectivity index (χ1v) is 12.0. The van der Waals surface area contributed by atoms with Crippen LogP contribution < -0.4 is 10.2 Å². The van der Waals surface area contributed by atoms with Crippen molar-refractivity contribution < 1.29 is 0 Å². The van der Waals surface area contributed by atoms with Crippen LogP contribution in [0.25, 0.3) is 5.57 Å². The van der Waals surface area contributed by atoms with Crippen LogP contribution in [0, 0.1) is 24.7 Å². The van der Waals surface area contributed by atoms with E-state index < -0.39 is 0 Å². The highest BCUT2D eigenvalue weighted by molar-refractivity contribution is 6.29. The highest BCUT2D eigenvalue weighted by Crippen LogP contribution is 2.46. The highest BCUT2D eigenvalue weighted by Gasteiger charge is 2.41. The van der Waals surface area contributed by atoms with Gasteiger partial charge in [-0.15, -0.1) is 0 Å². The lowest BCUT2D eigenvalue weighted by molar-refractivity contribution is 0.0928. The molecule has 0 spiro atoms. The van der Waals surface area contributed by atoms with Crippen molar-refractivity contribution in [2.45, 2.75) is 58.4 Å². The highest BCUT2D eigenvalue weighted by atomic mass is 35.5. The summed E-state index contributed by atoms with van der Waals surface area (Å²) in [6.45, 7) is 10.6. The third kappa shape index (κ3) is 4.02. The number of hydrogen-bond acceptors (Lipinski definition) is 6. The van der Waals surface area contributed by atoms with E-state index >= 15 is 0 Å². The molecule has 0 radical (unpaired) electrons. The SMILES string of the molecule is C=C(c1nc(NC2C3CCC(CC3)C2C)cc(N2CCCC2)n1)c1nc(Cl)cnc1C. The topological polar surface area (TPSA) is 66.8 Å². The van der Waals surface area contributed by atoms with Crippen LogP contribution >= 0.6 is 11.6 Å². The molecule has 6 nitrogen and oxygen atoms in total. The summed E-state index contributed by atoms with van der Waals surface area (Å²) in [5, 5.41) is 4.17. The molecule has 2 aromatic rings. The Morgan fingerprint density at radius 1 is 1.10 bits per heavy atom. The molecule has 4 fully saturated rings. The largest absolute Gasteiger partial charge is 0.367 e. The van der Waals surface area contributed by atoms with E-state index in [0.29, 0.717) is 34.2 Å². The van der Waals surface area contributed by atoms with Gasteiger partial charge in [0, 0.05) is 30.8 Å². The van der Waals surface area contributed by atoms with Crippen molar-refractivity contribution in [3.05, 3.63) is 41.2 Å². The maximum absolute atomic E-state index is 6.12. The molecule has 3 aliphatic carbocycles. The molecule has 0 aromatic carbocycles. The van der Waals surface area contributed by atoms with E-state index in [1.54, 1.807) is 6.20 Å². The molecule has 164 valence electrons. The summed E-state index contributed by atoms with van der Waals surface area (Å²) in [5.41, 5.74) is 2.09. The summed E-state index contributed by atoms with van der Waals surface area (Å²) in [5.74, 6) is 4.70. The van der Waals surface area contributed by atoms with Gasteiger partial charge >= 0.3 is 0 Å². The van der Waals surface area contributed by atoms with Gasteiger partial charge in [-0.25, -0.2) is 15.0 Å². The molecule has 1 N–H and O–H groups in total. The number of fused-ring (bicyclic) bond motifs is 3. The lowest BCUT2D eigenvalue weighted by atomic mass is 9.62. The second-order valence-corrected chi connectivity index (χ2v) is 9.83. The van der Waals surface area contributed by atoms with Crippen LogP contribution in [0.1, 0.15) is 62.7 Å². The molecule has 4 aliphatic rings. The lowest BCUT2D eigenvalue weighted by Gasteiger charge is -2.47. The fourth-order valence-corrected chi connectivity index (χ4v) is 5.88. The fraction of sp³-hybridized carbons (Fsp3) is 0.583. The van der Waals surface area contributed by atoms with Crippen LogP contribution in [0.5, 0.6) is 0 Å². The summed E-state index contributed by atoms with van der Waals surface area (Å²) in [6.07, 6.45) is 9.36. The average Bonchev–Trinajstić information content (AvgIpc) is 3.33. The van der Waals surface area contributed by atoms with Gasteiger partial charge < -0.3 is 10.2 Å². The molecule has 2 atom stereocenters.